The summed E-state index contributed by atoms with van der Waals surface area (Å²) in [5.74, 6) is 0. The highest BCUT2D eigenvalue weighted by Gasteiger charge is 2.28. The van der Waals surface area contributed by atoms with Gasteiger partial charge in [0.25, 0.3) is 0 Å². The van der Waals surface area contributed by atoms with Crippen molar-refractivity contribution in [3.05, 3.63) is 16.6 Å². The van der Waals surface area contributed by atoms with Crippen molar-refractivity contribution in [2.24, 2.45) is 5.73 Å². The zero-order valence-electron chi connectivity index (χ0n) is 8.56. The van der Waals surface area contributed by atoms with E-state index in [1.54, 1.807) is 11.3 Å². The molecule has 0 bridgehead atoms. The lowest BCUT2D eigenvalue weighted by Gasteiger charge is -2.20. The van der Waals surface area contributed by atoms with Gasteiger partial charge in [-0.2, -0.15) is 0 Å². The number of nitrogens with two attached hydrogens (primary N) is 1. The molecule has 0 atom stereocenters. The van der Waals surface area contributed by atoms with Gasteiger partial charge in [0.2, 0.25) is 0 Å². The van der Waals surface area contributed by atoms with Crippen LogP contribution in [0.2, 0.25) is 0 Å². The van der Waals surface area contributed by atoms with Crippen molar-refractivity contribution < 1.29 is 0 Å². The van der Waals surface area contributed by atoms with E-state index in [1.165, 1.54) is 17.7 Å². The molecule has 0 radical (unpaired) electrons. The minimum atomic E-state index is 0.616. The molecule has 1 heterocycles. The maximum absolute atomic E-state index is 5.53. The highest BCUT2D eigenvalue weighted by molar-refractivity contribution is 7.80. The van der Waals surface area contributed by atoms with Gasteiger partial charge in [-0.25, -0.2) is 0 Å². The van der Waals surface area contributed by atoms with Crippen LogP contribution in [0.4, 0.5) is 0 Å². The number of rotatable bonds is 6. The zero-order chi connectivity index (χ0) is 10.7. The molecule has 3 nitrogen and oxygen atoms in total. The van der Waals surface area contributed by atoms with Crippen LogP contribution in [0.25, 0.3) is 0 Å². The lowest BCUT2D eigenvalue weighted by molar-refractivity contribution is 0.265. The summed E-state index contributed by atoms with van der Waals surface area (Å²) >= 11 is 6.62. The molecule has 0 spiro atoms. The average molecular weight is 241 g/mol. The van der Waals surface area contributed by atoms with Crippen molar-refractivity contribution in [1.29, 1.82) is 0 Å². The molecule has 0 aromatic carbocycles. The Hall–Kier alpha value is -0.520. The second kappa shape index (κ2) is 5.01. The van der Waals surface area contributed by atoms with E-state index in [4.69, 9.17) is 18.0 Å². The molecular formula is C10H15N3S2. The van der Waals surface area contributed by atoms with E-state index in [0.29, 0.717) is 4.99 Å². The summed E-state index contributed by atoms with van der Waals surface area (Å²) in [4.78, 5) is 8.50. The first-order valence-corrected chi connectivity index (χ1v) is 6.44. The summed E-state index contributed by atoms with van der Waals surface area (Å²) in [6, 6.07) is 0.751. The largest absolute Gasteiger partial charge is 0.393 e. The van der Waals surface area contributed by atoms with Crippen LogP contribution < -0.4 is 5.73 Å². The summed E-state index contributed by atoms with van der Waals surface area (Å²) in [6.07, 6.45) is 5.40. The van der Waals surface area contributed by atoms with E-state index in [-0.39, 0.29) is 0 Å². The van der Waals surface area contributed by atoms with Crippen molar-refractivity contribution in [3.63, 3.8) is 0 Å². The van der Waals surface area contributed by atoms with Crippen molar-refractivity contribution in [2.45, 2.75) is 31.8 Å². The highest BCUT2D eigenvalue weighted by atomic mass is 32.1. The number of nitrogens with zero attached hydrogens (tertiary/aromatic N) is 2. The summed E-state index contributed by atoms with van der Waals surface area (Å²) in [6.45, 7) is 1.98. The molecule has 1 aliphatic rings. The normalized spacial score (nSPS) is 15.8. The van der Waals surface area contributed by atoms with Crippen molar-refractivity contribution in [2.75, 3.05) is 6.54 Å². The molecule has 0 saturated heterocycles. The maximum Gasteiger partial charge on any atom is 0.0794 e. The molecule has 15 heavy (non-hydrogen) atoms. The molecule has 2 N–H and O–H groups in total. The Morgan fingerprint density at radius 2 is 2.47 bits per heavy atom. The lowest BCUT2D eigenvalue weighted by atomic mass is 10.3. The molecule has 1 aliphatic carbocycles. The third-order valence-corrected chi connectivity index (χ3v) is 3.52. The van der Waals surface area contributed by atoms with Gasteiger partial charge in [-0.15, -0.1) is 11.3 Å². The molecule has 2 rings (SSSR count). The summed E-state index contributed by atoms with van der Waals surface area (Å²) < 4.78 is 0. The molecule has 1 saturated carbocycles. The van der Waals surface area contributed by atoms with Gasteiger partial charge in [-0.1, -0.05) is 12.2 Å². The van der Waals surface area contributed by atoms with Gasteiger partial charge in [0.15, 0.2) is 0 Å². The standard InChI is InChI=1S/C10H15N3S2/c11-10(14)3-4-13(8-1-2-8)6-9-5-12-7-15-9/h5,7-8H,1-4,6H2,(H2,11,14). The Morgan fingerprint density at radius 3 is 3.00 bits per heavy atom. The average Bonchev–Trinajstić information content (AvgIpc) is 2.91. The molecule has 82 valence electrons. The topological polar surface area (TPSA) is 42.1 Å². The van der Waals surface area contributed by atoms with Gasteiger partial charge in [0, 0.05) is 36.6 Å². The van der Waals surface area contributed by atoms with Crippen LogP contribution in [0.5, 0.6) is 0 Å². The molecule has 1 aromatic heterocycles. The summed E-state index contributed by atoms with van der Waals surface area (Å²) in [5.41, 5.74) is 7.41. The molecule has 1 aromatic rings. The van der Waals surface area contributed by atoms with E-state index in [0.717, 1.165) is 25.6 Å². The summed E-state index contributed by atoms with van der Waals surface area (Å²) in [7, 11) is 0. The van der Waals surface area contributed by atoms with Crippen LogP contribution in [-0.4, -0.2) is 27.5 Å². The van der Waals surface area contributed by atoms with Gasteiger partial charge < -0.3 is 5.73 Å². The highest BCUT2D eigenvalue weighted by Crippen LogP contribution is 2.28. The Bertz CT molecular complexity index is 319. The molecular weight excluding hydrogens is 226 g/mol. The van der Waals surface area contributed by atoms with Crippen molar-refractivity contribution >= 4 is 28.5 Å². The molecule has 5 heteroatoms. The van der Waals surface area contributed by atoms with Gasteiger partial charge >= 0.3 is 0 Å². The minimum absolute atomic E-state index is 0.616. The molecule has 1 fully saturated rings. The first-order chi connectivity index (χ1) is 7.25. The Labute approximate surface area is 99.3 Å². The van der Waals surface area contributed by atoms with Gasteiger partial charge in [0.05, 0.1) is 10.5 Å². The first kappa shape index (κ1) is 11.0. The second-order valence-corrected chi connectivity index (χ2v) is 5.38. The van der Waals surface area contributed by atoms with Crippen LogP contribution in [0.15, 0.2) is 11.7 Å². The minimum Gasteiger partial charge on any atom is -0.393 e. The summed E-state index contributed by atoms with van der Waals surface area (Å²) in [5, 5.41) is 0. The van der Waals surface area contributed by atoms with Crippen LogP contribution in [0, 0.1) is 0 Å². The lowest BCUT2D eigenvalue weighted by Crippen LogP contribution is -2.29. The quantitative estimate of drug-likeness (QED) is 0.771. The molecule has 0 amide bonds. The van der Waals surface area contributed by atoms with Crippen molar-refractivity contribution in [3.8, 4) is 0 Å². The Morgan fingerprint density at radius 1 is 1.67 bits per heavy atom. The van der Waals surface area contributed by atoms with Crippen LogP contribution in [-0.2, 0) is 6.54 Å². The van der Waals surface area contributed by atoms with E-state index >= 15 is 0 Å². The number of hydrogen-bond donors (Lipinski definition) is 1. The van der Waals surface area contributed by atoms with Gasteiger partial charge in [-0.05, 0) is 12.8 Å². The van der Waals surface area contributed by atoms with E-state index < -0.39 is 0 Å². The zero-order valence-corrected chi connectivity index (χ0v) is 10.2. The fraction of sp³-hybridized carbons (Fsp3) is 0.600. The Kier molecular flexibility index (Phi) is 3.66. The van der Waals surface area contributed by atoms with Crippen LogP contribution >= 0.6 is 23.6 Å². The van der Waals surface area contributed by atoms with E-state index in [2.05, 4.69) is 9.88 Å². The van der Waals surface area contributed by atoms with Crippen LogP contribution in [0.3, 0.4) is 0 Å². The van der Waals surface area contributed by atoms with Crippen LogP contribution in [0.1, 0.15) is 24.1 Å². The third-order valence-electron chi connectivity index (χ3n) is 2.55. The Balaban J connectivity index is 1.86. The first-order valence-electron chi connectivity index (χ1n) is 5.15. The number of aromatic nitrogens is 1. The SMILES string of the molecule is NC(=S)CCN(Cc1cncs1)C1CC1. The smallest absolute Gasteiger partial charge is 0.0794 e. The molecule has 0 aliphatic heterocycles. The predicted octanol–water partition coefficient (Wildman–Crippen LogP) is 1.78. The van der Waals surface area contributed by atoms with E-state index in [1.807, 2.05) is 11.7 Å². The number of thiazole rings is 1. The fourth-order valence-electron chi connectivity index (χ4n) is 1.60. The monoisotopic (exact) mass is 241 g/mol. The fourth-order valence-corrected chi connectivity index (χ4v) is 2.32. The second-order valence-electron chi connectivity index (χ2n) is 3.89. The number of thiocarbonyl (C=S) groups is 1. The van der Waals surface area contributed by atoms with Gasteiger partial charge in [0.1, 0.15) is 0 Å². The predicted molar refractivity (Wildman–Crippen MR) is 66.9 cm³/mol. The van der Waals surface area contributed by atoms with Gasteiger partial charge in [-0.3, -0.25) is 9.88 Å². The third kappa shape index (κ3) is 3.52. The van der Waals surface area contributed by atoms with E-state index in [9.17, 15) is 0 Å². The molecule has 0 unspecified atom stereocenters. The number of hydrogen-bond acceptors (Lipinski definition) is 4. The maximum atomic E-state index is 5.53. The van der Waals surface area contributed by atoms with Crippen molar-refractivity contribution in [1.82, 2.24) is 9.88 Å².